The number of piperazine rings is 1. The highest BCUT2D eigenvalue weighted by Crippen LogP contribution is 2.19. The molecule has 0 radical (unpaired) electrons. The van der Waals surface area contributed by atoms with Crippen molar-refractivity contribution in [2.75, 3.05) is 36.4 Å². The lowest BCUT2D eigenvalue weighted by molar-refractivity contribution is 0.0740. The summed E-state index contributed by atoms with van der Waals surface area (Å²) in [7, 11) is 0. The number of benzene rings is 1. The van der Waals surface area contributed by atoms with Crippen molar-refractivity contribution in [3.05, 3.63) is 71.8 Å². The lowest BCUT2D eigenvalue weighted by Gasteiger charge is -2.34. The molecule has 0 aliphatic carbocycles. The minimum absolute atomic E-state index is 0.0633. The molecule has 1 amide bonds. The Labute approximate surface area is 168 Å². The van der Waals surface area contributed by atoms with Gasteiger partial charge in [0.1, 0.15) is 5.69 Å². The van der Waals surface area contributed by atoms with Crippen molar-refractivity contribution in [1.82, 2.24) is 19.9 Å². The first-order chi connectivity index (χ1) is 13.7. The molecule has 142 valence electrons. The predicted molar refractivity (Wildman–Crippen MR) is 109 cm³/mol. The Bertz CT molecular complexity index is 925. The molecule has 0 spiro atoms. The zero-order chi connectivity index (χ0) is 19.3. The predicted octanol–water partition coefficient (Wildman–Crippen LogP) is 3.23. The van der Waals surface area contributed by atoms with E-state index in [0.29, 0.717) is 42.8 Å². The van der Waals surface area contributed by atoms with E-state index in [4.69, 9.17) is 11.6 Å². The van der Waals surface area contributed by atoms with E-state index in [2.05, 4.69) is 25.2 Å². The second-order valence-electron chi connectivity index (χ2n) is 6.39. The molecule has 1 saturated heterocycles. The van der Waals surface area contributed by atoms with Crippen LogP contribution >= 0.6 is 11.6 Å². The number of halogens is 1. The summed E-state index contributed by atoms with van der Waals surface area (Å²) < 4.78 is 0. The SMILES string of the molecule is O=C(c1ccc(Nc2ccc(Cl)cc2)cn1)N1CCN(c2ncccn2)CC1. The normalized spacial score (nSPS) is 14.0. The maximum atomic E-state index is 12.7. The van der Waals surface area contributed by atoms with Gasteiger partial charge >= 0.3 is 0 Å². The highest BCUT2D eigenvalue weighted by molar-refractivity contribution is 6.30. The Morgan fingerprint density at radius 2 is 1.57 bits per heavy atom. The van der Waals surface area contributed by atoms with Gasteiger partial charge in [0.2, 0.25) is 5.95 Å². The quantitative estimate of drug-likeness (QED) is 0.732. The zero-order valence-electron chi connectivity index (χ0n) is 15.1. The summed E-state index contributed by atoms with van der Waals surface area (Å²) in [5.41, 5.74) is 2.15. The Hall–Kier alpha value is -3.19. The molecule has 3 aromatic rings. The van der Waals surface area contributed by atoms with Crippen LogP contribution in [0, 0.1) is 0 Å². The van der Waals surface area contributed by atoms with Gasteiger partial charge in [-0.15, -0.1) is 0 Å². The molecule has 0 unspecified atom stereocenters. The molecule has 1 aromatic carbocycles. The molecular weight excluding hydrogens is 376 g/mol. The van der Waals surface area contributed by atoms with Crippen molar-refractivity contribution in [2.45, 2.75) is 0 Å². The van der Waals surface area contributed by atoms with Crippen LogP contribution in [-0.4, -0.2) is 51.9 Å². The summed E-state index contributed by atoms with van der Waals surface area (Å²) in [5.74, 6) is 0.636. The number of hydrogen-bond donors (Lipinski definition) is 1. The minimum atomic E-state index is -0.0633. The number of nitrogens with one attached hydrogen (secondary N) is 1. The number of nitrogens with zero attached hydrogens (tertiary/aromatic N) is 5. The second-order valence-corrected chi connectivity index (χ2v) is 6.83. The fourth-order valence-electron chi connectivity index (χ4n) is 3.02. The van der Waals surface area contributed by atoms with Crippen molar-refractivity contribution in [2.24, 2.45) is 0 Å². The van der Waals surface area contributed by atoms with Crippen LogP contribution in [-0.2, 0) is 0 Å². The van der Waals surface area contributed by atoms with Gasteiger partial charge in [-0.05, 0) is 42.5 Å². The highest BCUT2D eigenvalue weighted by Gasteiger charge is 2.24. The maximum absolute atomic E-state index is 12.7. The highest BCUT2D eigenvalue weighted by atomic mass is 35.5. The van der Waals surface area contributed by atoms with Crippen molar-refractivity contribution >= 4 is 34.8 Å². The first-order valence-electron chi connectivity index (χ1n) is 8.99. The van der Waals surface area contributed by atoms with Crippen LogP contribution in [0.25, 0.3) is 0 Å². The molecule has 1 fully saturated rings. The van der Waals surface area contributed by atoms with Gasteiger partial charge in [0.15, 0.2) is 0 Å². The maximum Gasteiger partial charge on any atom is 0.272 e. The summed E-state index contributed by atoms with van der Waals surface area (Å²) in [4.78, 5) is 29.5. The third kappa shape index (κ3) is 4.20. The van der Waals surface area contributed by atoms with Gasteiger partial charge in [-0.25, -0.2) is 15.0 Å². The van der Waals surface area contributed by atoms with Crippen LogP contribution in [0.2, 0.25) is 5.02 Å². The van der Waals surface area contributed by atoms with Crippen LogP contribution in [0.5, 0.6) is 0 Å². The molecule has 8 heteroatoms. The standard InChI is InChI=1S/C20H19ClN6O/c21-15-2-4-16(5-3-15)25-17-6-7-18(24-14-17)19(28)26-10-12-27(13-11-26)20-22-8-1-9-23-20/h1-9,14,25H,10-13H2. The van der Waals surface area contributed by atoms with Crippen molar-refractivity contribution < 1.29 is 4.79 Å². The van der Waals surface area contributed by atoms with Gasteiger partial charge in [-0.2, -0.15) is 0 Å². The third-order valence-electron chi connectivity index (χ3n) is 4.52. The topological polar surface area (TPSA) is 74.2 Å². The van der Waals surface area contributed by atoms with Gasteiger partial charge < -0.3 is 15.1 Å². The van der Waals surface area contributed by atoms with E-state index in [1.54, 1.807) is 30.7 Å². The van der Waals surface area contributed by atoms with Crippen LogP contribution in [0.1, 0.15) is 10.5 Å². The second kappa shape index (κ2) is 8.22. The molecular formula is C20H19ClN6O. The van der Waals surface area contributed by atoms with Crippen LogP contribution < -0.4 is 10.2 Å². The summed E-state index contributed by atoms with van der Waals surface area (Å²) in [6.45, 7) is 2.63. The number of pyridine rings is 1. The number of rotatable bonds is 4. The molecule has 0 atom stereocenters. The fraction of sp³-hybridized carbons (Fsp3) is 0.200. The number of anilines is 3. The molecule has 1 N–H and O–H groups in total. The summed E-state index contributed by atoms with van der Waals surface area (Å²) in [5, 5.41) is 3.92. The van der Waals surface area contributed by atoms with Gasteiger partial charge in [0.05, 0.1) is 11.9 Å². The summed E-state index contributed by atoms with van der Waals surface area (Å²) in [6.07, 6.45) is 5.11. The van der Waals surface area contributed by atoms with E-state index >= 15 is 0 Å². The molecule has 3 heterocycles. The van der Waals surface area contributed by atoms with E-state index < -0.39 is 0 Å². The van der Waals surface area contributed by atoms with Crippen molar-refractivity contribution in [3.8, 4) is 0 Å². The van der Waals surface area contributed by atoms with Gasteiger partial charge in [0, 0.05) is 49.3 Å². The Kier molecular flexibility index (Phi) is 5.34. The van der Waals surface area contributed by atoms with E-state index in [1.165, 1.54) is 0 Å². The smallest absolute Gasteiger partial charge is 0.272 e. The zero-order valence-corrected chi connectivity index (χ0v) is 15.9. The Balaban J connectivity index is 1.35. The molecule has 4 rings (SSSR count). The van der Waals surface area contributed by atoms with Crippen LogP contribution in [0.4, 0.5) is 17.3 Å². The van der Waals surface area contributed by atoms with Crippen LogP contribution in [0.15, 0.2) is 61.1 Å². The molecule has 1 aliphatic heterocycles. The molecule has 2 aromatic heterocycles. The van der Waals surface area contributed by atoms with Crippen molar-refractivity contribution in [3.63, 3.8) is 0 Å². The van der Waals surface area contributed by atoms with E-state index in [-0.39, 0.29) is 5.91 Å². The Morgan fingerprint density at radius 3 is 2.21 bits per heavy atom. The summed E-state index contributed by atoms with van der Waals surface area (Å²) >= 11 is 5.90. The molecule has 0 saturated carbocycles. The molecule has 7 nitrogen and oxygen atoms in total. The lowest BCUT2D eigenvalue weighted by atomic mass is 10.2. The first kappa shape index (κ1) is 18.2. The Morgan fingerprint density at radius 1 is 0.893 bits per heavy atom. The monoisotopic (exact) mass is 394 g/mol. The van der Waals surface area contributed by atoms with E-state index in [1.807, 2.05) is 35.2 Å². The lowest BCUT2D eigenvalue weighted by Crippen LogP contribution is -2.49. The molecule has 1 aliphatic rings. The summed E-state index contributed by atoms with van der Waals surface area (Å²) in [6, 6.07) is 12.8. The third-order valence-corrected chi connectivity index (χ3v) is 4.77. The van der Waals surface area contributed by atoms with E-state index in [0.717, 1.165) is 11.4 Å². The largest absolute Gasteiger partial charge is 0.354 e. The average Bonchev–Trinajstić information content (AvgIpc) is 2.76. The van der Waals surface area contributed by atoms with E-state index in [9.17, 15) is 4.79 Å². The van der Waals surface area contributed by atoms with Crippen molar-refractivity contribution in [1.29, 1.82) is 0 Å². The number of carbonyl (C=O) groups excluding carboxylic acids is 1. The minimum Gasteiger partial charge on any atom is -0.354 e. The average molecular weight is 395 g/mol. The van der Waals surface area contributed by atoms with Gasteiger partial charge in [-0.1, -0.05) is 11.6 Å². The molecule has 28 heavy (non-hydrogen) atoms. The fourth-order valence-corrected chi connectivity index (χ4v) is 3.15. The number of hydrogen-bond acceptors (Lipinski definition) is 6. The first-order valence-corrected chi connectivity index (χ1v) is 9.37. The molecule has 0 bridgehead atoms. The van der Waals surface area contributed by atoms with Gasteiger partial charge in [0.25, 0.3) is 5.91 Å². The number of amides is 1. The van der Waals surface area contributed by atoms with Crippen LogP contribution in [0.3, 0.4) is 0 Å². The number of aromatic nitrogens is 3. The number of carbonyl (C=O) groups is 1. The van der Waals surface area contributed by atoms with Gasteiger partial charge in [-0.3, -0.25) is 4.79 Å².